The van der Waals surface area contributed by atoms with Crippen LogP contribution in [-0.2, 0) is 0 Å². The summed E-state index contributed by atoms with van der Waals surface area (Å²) in [4.78, 5) is 2.30. The number of hydrogen-bond donors (Lipinski definition) is 1. The lowest BCUT2D eigenvalue weighted by Crippen LogP contribution is -2.51. The van der Waals surface area contributed by atoms with Crippen LogP contribution in [0.1, 0.15) is 46.5 Å². The zero-order valence-electron chi connectivity index (χ0n) is 10.5. The monoisotopic (exact) mass is 235 g/mol. The lowest BCUT2D eigenvalue weighted by Gasteiger charge is -2.44. The molecule has 96 valence electrons. The molecule has 0 spiro atoms. The maximum atomic E-state index is 12.1. The van der Waals surface area contributed by atoms with E-state index in [2.05, 4.69) is 25.7 Å². The van der Waals surface area contributed by atoms with E-state index in [1.807, 2.05) is 0 Å². The van der Waals surface area contributed by atoms with Gasteiger partial charge in [-0.05, 0) is 40.0 Å². The number of rotatable bonds is 3. The first kappa shape index (κ1) is 13.8. The van der Waals surface area contributed by atoms with Crippen molar-refractivity contribution in [3.05, 3.63) is 0 Å². The number of halogens is 2. The minimum atomic E-state index is -2.30. The molecule has 1 aliphatic rings. The Morgan fingerprint density at radius 2 is 1.75 bits per heavy atom. The van der Waals surface area contributed by atoms with Crippen LogP contribution in [0.4, 0.5) is 8.78 Å². The maximum Gasteiger partial charge on any atom is 0.238 e. The fourth-order valence-electron chi connectivity index (χ4n) is 2.22. The van der Waals surface area contributed by atoms with E-state index in [0.29, 0.717) is 12.8 Å². The van der Waals surface area contributed by atoms with Gasteiger partial charge < -0.3 is 5.11 Å². The molecule has 0 bridgehead atoms. The zero-order valence-corrected chi connectivity index (χ0v) is 10.5. The van der Waals surface area contributed by atoms with Crippen molar-refractivity contribution in [1.82, 2.24) is 4.90 Å². The molecule has 2 nitrogen and oxygen atoms in total. The van der Waals surface area contributed by atoms with Crippen LogP contribution in [0, 0.1) is 0 Å². The van der Waals surface area contributed by atoms with E-state index in [0.717, 1.165) is 13.1 Å². The molecule has 0 aliphatic carbocycles. The first-order valence-corrected chi connectivity index (χ1v) is 5.99. The highest BCUT2D eigenvalue weighted by molar-refractivity contribution is 4.89. The number of likely N-dealkylation sites (tertiary alicyclic amines) is 1. The molecule has 1 fully saturated rings. The van der Waals surface area contributed by atoms with Crippen molar-refractivity contribution in [2.24, 2.45) is 0 Å². The first-order valence-electron chi connectivity index (χ1n) is 5.99. The minimum Gasteiger partial charge on any atom is -0.390 e. The van der Waals surface area contributed by atoms with Gasteiger partial charge in [0, 0.05) is 25.0 Å². The Morgan fingerprint density at radius 1 is 1.25 bits per heavy atom. The van der Waals surface area contributed by atoms with Crippen molar-refractivity contribution in [1.29, 1.82) is 0 Å². The smallest absolute Gasteiger partial charge is 0.238 e. The molecule has 1 N–H and O–H groups in total. The first-order chi connectivity index (χ1) is 7.23. The van der Waals surface area contributed by atoms with Crippen LogP contribution in [0.2, 0.25) is 0 Å². The Morgan fingerprint density at radius 3 is 2.12 bits per heavy atom. The molecule has 16 heavy (non-hydrogen) atoms. The lowest BCUT2D eigenvalue weighted by molar-refractivity contribution is -0.0557. The normalized spacial score (nSPS) is 22.7. The average molecular weight is 235 g/mol. The van der Waals surface area contributed by atoms with Crippen LogP contribution in [0.15, 0.2) is 0 Å². The van der Waals surface area contributed by atoms with Gasteiger partial charge in [0.1, 0.15) is 0 Å². The molecule has 1 rings (SSSR count). The summed E-state index contributed by atoms with van der Waals surface area (Å²) in [6.45, 7) is 8.00. The molecule has 0 aromatic rings. The molecule has 0 radical (unpaired) electrons. The van der Waals surface area contributed by atoms with Gasteiger partial charge in [-0.15, -0.1) is 0 Å². The highest BCUT2D eigenvalue weighted by atomic mass is 19.3. The molecule has 0 atom stereocenters. The second-order valence-corrected chi connectivity index (χ2v) is 5.81. The van der Waals surface area contributed by atoms with Crippen molar-refractivity contribution in [3.63, 3.8) is 0 Å². The Labute approximate surface area is 96.6 Å². The molecule has 1 heterocycles. The Bertz CT molecular complexity index is 218. The van der Waals surface area contributed by atoms with Crippen molar-refractivity contribution >= 4 is 0 Å². The predicted octanol–water partition coefficient (Wildman–Crippen LogP) is 2.66. The van der Waals surface area contributed by atoms with Gasteiger partial charge in [0.15, 0.2) is 0 Å². The quantitative estimate of drug-likeness (QED) is 0.813. The van der Waals surface area contributed by atoms with Gasteiger partial charge >= 0.3 is 0 Å². The molecular weight excluding hydrogens is 212 g/mol. The van der Waals surface area contributed by atoms with Crippen molar-refractivity contribution in [2.45, 2.75) is 64.0 Å². The Hall–Kier alpha value is -0.220. The highest BCUT2D eigenvalue weighted by Crippen LogP contribution is 2.31. The molecule has 0 unspecified atom stereocenters. The van der Waals surface area contributed by atoms with E-state index in [1.54, 1.807) is 0 Å². The summed E-state index contributed by atoms with van der Waals surface area (Å²) >= 11 is 0. The van der Waals surface area contributed by atoms with Gasteiger partial charge in [0.05, 0.1) is 5.60 Å². The number of aliphatic hydroxyl groups is 1. The van der Waals surface area contributed by atoms with E-state index in [-0.39, 0.29) is 18.4 Å². The number of piperidine rings is 1. The molecule has 0 aromatic heterocycles. The predicted molar refractivity (Wildman–Crippen MR) is 60.7 cm³/mol. The van der Waals surface area contributed by atoms with E-state index in [4.69, 9.17) is 0 Å². The van der Waals surface area contributed by atoms with Gasteiger partial charge in [-0.2, -0.15) is 0 Å². The third-order valence-electron chi connectivity index (χ3n) is 3.47. The second-order valence-electron chi connectivity index (χ2n) is 5.81. The van der Waals surface area contributed by atoms with E-state index in [1.165, 1.54) is 0 Å². The molecule has 4 heteroatoms. The van der Waals surface area contributed by atoms with Gasteiger partial charge in [-0.1, -0.05) is 0 Å². The molecule has 1 saturated heterocycles. The van der Waals surface area contributed by atoms with Crippen LogP contribution in [-0.4, -0.2) is 40.7 Å². The third-order valence-corrected chi connectivity index (χ3v) is 3.47. The summed E-state index contributed by atoms with van der Waals surface area (Å²) in [6, 6.07) is 0. The van der Waals surface area contributed by atoms with Gasteiger partial charge in [-0.25, -0.2) is 8.78 Å². The van der Waals surface area contributed by atoms with Gasteiger partial charge in [-0.3, -0.25) is 4.90 Å². The summed E-state index contributed by atoms with van der Waals surface area (Å²) in [5, 5.41) is 10.1. The van der Waals surface area contributed by atoms with Crippen LogP contribution in [0.3, 0.4) is 0 Å². The van der Waals surface area contributed by atoms with Crippen LogP contribution in [0.25, 0.3) is 0 Å². The Kier molecular flexibility index (Phi) is 4.29. The summed E-state index contributed by atoms with van der Waals surface area (Å²) < 4.78 is 24.2. The van der Waals surface area contributed by atoms with Crippen molar-refractivity contribution in [2.75, 3.05) is 13.1 Å². The van der Waals surface area contributed by atoms with Gasteiger partial charge in [0.2, 0.25) is 6.43 Å². The average Bonchev–Trinajstić information content (AvgIpc) is 2.14. The Balaban J connectivity index is 2.41. The van der Waals surface area contributed by atoms with Crippen LogP contribution < -0.4 is 0 Å². The molecular formula is C12H23F2NO. The SMILES string of the molecule is CC(C)(C)N1CCC(O)(CCC(F)F)CC1. The molecule has 0 aromatic carbocycles. The number of hydrogen-bond acceptors (Lipinski definition) is 2. The maximum absolute atomic E-state index is 12.1. The van der Waals surface area contributed by atoms with Crippen LogP contribution >= 0.6 is 0 Å². The highest BCUT2D eigenvalue weighted by Gasteiger charge is 2.35. The standard InChI is InChI=1S/C12H23F2NO/c1-11(2,3)15-8-6-12(16,7-9-15)5-4-10(13)14/h10,16H,4-9H2,1-3H3. The molecule has 0 saturated carbocycles. The lowest BCUT2D eigenvalue weighted by atomic mass is 9.85. The minimum absolute atomic E-state index is 0.101. The molecule has 0 amide bonds. The summed E-state index contributed by atoms with van der Waals surface area (Å²) in [5.74, 6) is 0. The summed E-state index contributed by atoms with van der Waals surface area (Å²) in [7, 11) is 0. The summed E-state index contributed by atoms with van der Waals surface area (Å²) in [5.41, 5.74) is -0.762. The van der Waals surface area contributed by atoms with E-state index in [9.17, 15) is 13.9 Å². The zero-order chi connectivity index (χ0) is 12.4. The third kappa shape index (κ3) is 3.98. The number of nitrogens with zero attached hydrogens (tertiary/aromatic N) is 1. The van der Waals surface area contributed by atoms with E-state index >= 15 is 0 Å². The molecule has 1 aliphatic heterocycles. The topological polar surface area (TPSA) is 23.5 Å². The van der Waals surface area contributed by atoms with Gasteiger partial charge in [0.25, 0.3) is 0 Å². The largest absolute Gasteiger partial charge is 0.390 e. The number of alkyl halides is 2. The van der Waals surface area contributed by atoms with E-state index < -0.39 is 12.0 Å². The van der Waals surface area contributed by atoms with Crippen molar-refractivity contribution < 1.29 is 13.9 Å². The van der Waals surface area contributed by atoms with Crippen LogP contribution in [0.5, 0.6) is 0 Å². The van der Waals surface area contributed by atoms with Crippen molar-refractivity contribution in [3.8, 4) is 0 Å². The second kappa shape index (κ2) is 4.96. The fraction of sp³-hybridized carbons (Fsp3) is 1.00. The fourth-order valence-corrected chi connectivity index (χ4v) is 2.22. The summed E-state index contributed by atoms with van der Waals surface area (Å²) in [6.07, 6.45) is -1.05.